The molecule has 2 aromatic carbocycles. The molecule has 0 aromatic heterocycles. The van der Waals surface area contributed by atoms with E-state index in [2.05, 4.69) is 0 Å². The number of carbonyl (C=O) groups excluding carboxylic acids is 1. The lowest BCUT2D eigenvalue weighted by molar-refractivity contribution is 0.101. The van der Waals surface area contributed by atoms with Crippen LogP contribution < -0.4 is 5.73 Å². The SMILES string of the molecule is CC1=C(F)C(=O)c2cccc3c(N)ccc1c23. The molecule has 0 radical (unpaired) electrons. The molecule has 1 aliphatic rings. The van der Waals surface area contributed by atoms with Crippen molar-refractivity contribution in [1.82, 2.24) is 0 Å². The van der Waals surface area contributed by atoms with E-state index < -0.39 is 11.6 Å². The molecular formula is C14H10FNO. The molecule has 84 valence electrons. The predicted molar refractivity (Wildman–Crippen MR) is 66.4 cm³/mol. The lowest BCUT2D eigenvalue weighted by Crippen LogP contribution is -2.09. The highest BCUT2D eigenvalue weighted by Gasteiger charge is 2.26. The first-order valence-electron chi connectivity index (χ1n) is 5.34. The van der Waals surface area contributed by atoms with Gasteiger partial charge in [0.05, 0.1) is 0 Å². The third kappa shape index (κ3) is 1.16. The third-order valence-corrected chi connectivity index (χ3v) is 3.25. The van der Waals surface area contributed by atoms with Gasteiger partial charge in [0.25, 0.3) is 0 Å². The van der Waals surface area contributed by atoms with Crippen LogP contribution in [-0.4, -0.2) is 5.78 Å². The molecule has 2 N–H and O–H groups in total. The molecule has 0 amide bonds. The van der Waals surface area contributed by atoms with Gasteiger partial charge in [-0.1, -0.05) is 24.3 Å². The Balaban J connectivity index is 2.59. The van der Waals surface area contributed by atoms with Crippen LogP contribution in [0.1, 0.15) is 22.8 Å². The van der Waals surface area contributed by atoms with Crippen molar-refractivity contribution in [2.24, 2.45) is 0 Å². The van der Waals surface area contributed by atoms with E-state index >= 15 is 0 Å². The Bertz CT molecular complexity index is 701. The number of carbonyl (C=O) groups is 1. The first-order valence-corrected chi connectivity index (χ1v) is 5.34. The minimum atomic E-state index is -0.672. The fourth-order valence-electron chi connectivity index (χ4n) is 2.34. The Labute approximate surface area is 97.5 Å². The number of Topliss-reactive ketones (excluding diaryl/α,β-unsaturated/α-hetero) is 1. The Hall–Kier alpha value is -2.16. The molecule has 17 heavy (non-hydrogen) atoms. The van der Waals surface area contributed by atoms with Crippen LogP contribution >= 0.6 is 0 Å². The van der Waals surface area contributed by atoms with Crippen molar-refractivity contribution in [2.45, 2.75) is 6.92 Å². The molecule has 0 spiro atoms. The number of hydrogen-bond donors (Lipinski definition) is 1. The molecule has 0 saturated heterocycles. The van der Waals surface area contributed by atoms with Crippen LogP contribution in [0.4, 0.5) is 10.1 Å². The van der Waals surface area contributed by atoms with Gasteiger partial charge in [-0.25, -0.2) is 4.39 Å². The molecule has 0 heterocycles. The number of nitrogen functional groups attached to an aromatic ring is 1. The quantitative estimate of drug-likeness (QED) is 0.701. The minimum absolute atomic E-state index is 0.388. The summed E-state index contributed by atoms with van der Waals surface area (Å²) in [6.07, 6.45) is 0. The number of allylic oxidation sites excluding steroid dienone is 2. The van der Waals surface area contributed by atoms with E-state index in [0.29, 0.717) is 16.8 Å². The van der Waals surface area contributed by atoms with Gasteiger partial charge in [-0.15, -0.1) is 0 Å². The zero-order chi connectivity index (χ0) is 12.2. The summed E-state index contributed by atoms with van der Waals surface area (Å²) in [4.78, 5) is 11.9. The highest BCUT2D eigenvalue weighted by Crippen LogP contribution is 2.38. The van der Waals surface area contributed by atoms with Crippen LogP contribution in [0.25, 0.3) is 16.3 Å². The lowest BCUT2D eigenvalue weighted by Gasteiger charge is -2.17. The maximum absolute atomic E-state index is 13.8. The van der Waals surface area contributed by atoms with Crippen LogP contribution in [0.5, 0.6) is 0 Å². The summed E-state index contributed by atoms with van der Waals surface area (Å²) in [5.74, 6) is -1.22. The molecule has 3 rings (SSSR count). The van der Waals surface area contributed by atoms with Crippen LogP contribution in [0.2, 0.25) is 0 Å². The van der Waals surface area contributed by atoms with Gasteiger partial charge >= 0.3 is 0 Å². The molecule has 0 aliphatic heterocycles. The number of nitrogens with two attached hydrogens (primary N) is 1. The number of anilines is 1. The third-order valence-electron chi connectivity index (χ3n) is 3.25. The fraction of sp³-hybridized carbons (Fsp3) is 0.0714. The topological polar surface area (TPSA) is 43.1 Å². The number of rotatable bonds is 0. The lowest BCUT2D eigenvalue weighted by atomic mass is 9.87. The molecule has 2 aromatic rings. The smallest absolute Gasteiger partial charge is 0.222 e. The first kappa shape index (κ1) is 10.0. The van der Waals surface area contributed by atoms with E-state index in [4.69, 9.17) is 5.73 Å². The summed E-state index contributed by atoms with van der Waals surface area (Å²) in [6, 6.07) is 8.72. The largest absolute Gasteiger partial charge is 0.398 e. The summed E-state index contributed by atoms with van der Waals surface area (Å²) >= 11 is 0. The molecule has 0 bridgehead atoms. The standard InChI is InChI=1S/C14H10FNO/c1-7-8-5-6-11(16)9-3-2-4-10(12(8)9)14(17)13(7)15/h2-6H,16H2,1H3. The Morgan fingerprint density at radius 1 is 1.12 bits per heavy atom. The molecule has 0 unspecified atom stereocenters. The van der Waals surface area contributed by atoms with Crippen LogP contribution in [0.3, 0.4) is 0 Å². The van der Waals surface area contributed by atoms with Crippen LogP contribution in [-0.2, 0) is 0 Å². The second kappa shape index (κ2) is 3.17. The van der Waals surface area contributed by atoms with Gasteiger partial charge in [0.15, 0.2) is 5.83 Å². The molecule has 0 saturated carbocycles. The summed E-state index contributed by atoms with van der Waals surface area (Å²) < 4.78 is 13.8. The second-order valence-corrected chi connectivity index (χ2v) is 4.20. The highest BCUT2D eigenvalue weighted by atomic mass is 19.1. The van der Waals surface area contributed by atoms with Crippen LogP contribution in [0.15, 0.2) is 36.2 Å². The van der Waals surface area contributed by atoms with Crippen molar-refractivity contribution in [3.63, 3.8) is 0 Å². The van der Waals surface area contributed by atoms with Gasteiger partial charge in [-0.05, 0) is 24.1 Å². The average molecular weight is 227 g/mol. The minimum Gasteiger partial charge on any atom is -0.398 e. The first-order chi connectivity index (χ1) is 8.11. The van der Waals surface area contributed by atoms with Crippen molar-refractivity contribution in [3.8, 4) is 0 Å². The number of ketones is 1. The van der Waals surface area contributed by atoms with Crippen molar-refractivity contribution >= 4 is 27.8 Å². The molecule has 0 fully saturated rings. The summed E-state index contributed by atoms with van der Waals surface area (Å²) in [7, 11) is 0. The zero-order valence-electron chi connectivity index (χ0n) is 9.25. The van der Waals surface area contributed by atoms with Crippen molar-refractivity contribution in [1.29, 1.82) is 0 Å². The Kier molecular flexibility index (Phi) is 1.87. The van der Waals surface area contributed by atoms with Gasteiger partial charge in [0.2, 0.25) is 5.78 Å². The number of hydrogen-bond acceptors (Lipinski definition) is 2. The zero-order valence-corrected chi connectivity index (χ0v) is 9.25. The average Bonchev–Trinajstić information content (AvgIpc) is 2.35. The predicted octanol–water partition coefficient (Wildman–Crippen LogP) is 3.32. The van der Waals surface area contributed by atoms with Gasteiger partial charge < -0.3 is 5.73 Å². The normalized spacial score (nSPS) is 14.6. The second-order valence-electron chi connectivity index (χ2n) is 4.20. The molecule has 1 aliphatic carbocycles. The Morgan fingerprint density at radius 2 is 1.88 bits per heavy atom. The fourth-order valence-corrected chi connectivity index (χ4v) is 2.34. The maximum atomic E-state index is 13.8. The summed E-state index contributed by atoms with van der Waals surface area (Å²) in [6.45, 7) is 1.62. The van der Waals surface area contributed by atoms with E-state index in [9.17, 15) is 9.18 Å². The van der Waals surface area contributed by atoms with E-state index in [1.54, 1.807) is 31.2 Å². The van der Waals surface area contributed by atoms with Crippen molar-refractivity contribution in [2.75, 3.05) is 5.73 Å². The monoisotopic (exact) mass is 227 g/mol. The molecular weight excluding hydrogens is 217 g/mol. The Morgan fingerprint density at radius 3 is 2.65 bits per heavy atom. The van der Waals surface area contributed by atoms with E-state index in [1.807, 2.05) is 6.07 Å². The molecule has 2 nitrogen and oxygen atoms in total. The van der Waals surface area contributed by atoms with E-state index in [0.717, 1.165) is 16.3 Å². The number of benzene rings is 2. The maximum Gasteiger partial charge on any atom is 0.222 e. The van der Waals surface area contributed by atoms with Gasteiger partial charge in [-0.3, -0.25) is 4.79 Å². The van der Waals surface area contributed by atoms with Gasteiger partial charge in [0, 0.05) is 22.0 Å². The summed E-state index contributed by atoms with van der Waals surface area (Å²) in [5, 5.41) is 1.57. The van der Waals surface area contributed by atoms with Gasteiger partial charge in [-0.2, -0.15) is 0 Å². The molecule has 3 heteroatoms. The number of halogens is 1. The van der Waals surface area contributed by atoms with Gasteiger partial charge in [0.1, 0.15) is 0 Å². The summed E-state index contributed by atoms with van der Waals surface area (Å²) in [5.41, 5.74) is 8.02. The molecule has 0 atom stereocenters. The van der Waals surface area contributed by atoms with Crippen molar-refractivity contribution in [3.05, 3.63) is 47.3 Å². The van der Waals surface area contributed by atoms with E-state index in [1.165, 1.54) is 0 Å². The van der Waals surface area contributed by atoms with Crippen LogP contribution in [0, 0.1) is 0 Å². The van der Waals surface area contributed by atoms with E-state index in [-0.39, 0.29) is 0 Å². The highest BCUT2D eigenvalue weighted by molar-refractivity contribution is 6.24. The van der Waals surface area contributed by atoms with Crippen molar-refractivity contribution < 1.29 is 9.18 Å².